The lowest BCUT2D eigenvalue weighted by molar-refractivity contribution is -0.137. The van der Waals surface area contributed by atoms with Crippen molar-refractivity contribution in [3.63, 3.8) is 0 Å². The number of hydrogen-bond acceptors (Lipinski definition) is 3. The summed E-state index contributed by atoms with van der Waals surface area (Å²) >= 11 is 5.85. The average Bonchev–Trinajstić information content (AvgIpc) is 2.79. The Morgan fingerprint density at radius 1 is 1.33 bits per heavy atom. The highest BCUT2D eigenvalue weighted by Crippen LogP contribution is 2.32. The molecule has 0 saturated carbocycles. The number of nitrogens with two attached hydrogens (primary N) is 1. The Bertz CT molecular complexity index is 624. The van der Waals surface area contributed by atoms with Crippen LogP contribution < -0.4 is 5.73 Å². The van der Waals surface area contributed by atoms with Crippen molar-refractivity contribution in [1.82, 2.24) is 14.6 Å². The molecule has 2 heterocycles. The molecule has 2 N–H and O–H groups in total. The largest absolute Gasteiger partial charge is 0.417 e. The number of pyridine rings is 1. The van der Waals surface area contributed by atoms with Crippen molar-refractivity contribution >= 4 is 17.2 Å². The second kappa shape index (κ2) is 6.19. The minimum absolute atomic E-state index is 0.0569. The molecule has 0 aliphatic heterocycles. The van der Waals surface area contributed by atoms with Crippen LogP contribution in [0.5, 0.6) is 0 Å². The molecular formula is C13H16ClF3N4. The van der Waals surface area contributed by atoms with E-state index in [0.717, 1.165) is 25.1 Å². The van der Waals surface area contributed by atoms with E-state index in [0.29, 0.717) is 24.7 Å². The summed E-state index contributed by atoms with van der Waals surface area (Å²) in [6.07, 6.45) is -1.28. The van der Waals surface area contributed by atoms with E-state index >= 15 is 0 Å². The Hall–Kier alpha value is -1.34. The summed E-state index contributed by atoms with van der Waals surface area (Å²) in [6, 6.07) is 0.867. The molecule has 2 aromatic rings. The van der Waals surface area contributed by atoms with Crippen LogP contribution >= 0.6 is 11.6 Å². The summed E-state index contributed by atoms with van der Waals surface area (Å²) in [6.45, 7) is 2.63. The Kier molecular flexibility index (Phi) is 4.73. The van der Waals surface area contributed by atoms with Crippen LogP contribution in [-0.4, -0.2) is 21.1 Å². The lowest BCUT2D eigenvalue weighted by Gasteiger charge is -2.10. The third kappa shape index (κ3) is 3.65. The number of fused-ring (bicyclic) bond motifs is 1. The zero-order valence-electron chi connectivity index (χ0n) is 11.5. The molecule has 0 spiro atoms. The topological polar surface area (TPSA) is 56.2 Å². The van der Waals surface area contributed by atoms with E-state index in [-0.39, 0.29) is 10.7 Å². The normalized spacial score (nSPS) is 13.8. The van der Waals surface area contributed by atoms with Crippen LogP contribution in [0.15, 0.2) is 12.3 Å². The van der Waals surface area contributed by atoms with Crippen molar-refractivity contribution in [3.8, 4) is 0 Å². The van der Waals surface area contributed by atoms with Gasteiger partial charge in [-0.05, 0) is 31.4 Å². The van der Waals surface area contributed by atoms with E-state index in [1.54, 1.807) is 0 Å². The highest BCUT2D eigenvalue weighted by Gasteiger charge is 2.32. The quantitative estimate of drug-likeness (QED) is 0.919. The molecule has 116 valence electrons. The predicted octanol–water partition coefficient (Wildman–Crippen LogP) is 3.32. The number of aryl methyl sites for hydroxylation is 1. The molecule has 0 saturated heterocycles. The van der Waals surface area contributed by atoms with Crippen LogP contribution in [0.25, 0.3) is 5.65 Å². The molecule has 4 nitrogen and oxygen atoms in total. The van der Waals surface area contributed by atoms with E-state index in [1.165, 1.54) is 4.40 Å². The van der Waals surface area contributed by atoms with Gasteiger partial charge in [0.25, 0.3) is 0 Å². The molecule has 0 bridgehead atoms. The molecule has 8 heteroatoms. The summed E-state index contributed by atoms with van der Waals surface area (Å²) in [5.74, 6) is 0.852. The van der Waals surface area contributed by atoms with Gasteiger partial charge in [-0.3, -0.25) is 4.40 Å². The van der Waals surface area contributed by atoms with Crippen molar-refractivity contribution in [1.29, 1.82) is 0 Å². The molecular weight excluding hydrogens is 305 g/mol. The molecule has 1 unspecified atom stereocenters. The second-order valence-electron chi connectivity index (χ2n) is 5.11. The van der Waals surface area contributed by atoms with Gasteiger partial charge in [0.1, 0.15) is 5.82 Å². The maximum atomic E-state index is 12.8. The number of rotatable bonds is 5. The Balaban J connectivity index is 2.31. The van der Waals surface area contributed by atoms with Gasteiger partial charge in [0.15, 0.2) is 5.65 Å². The number of halogens is 4. The number of hydrogen-bond donors (Lipinski definition) is 1. The Morgan fingerprint density at radius 3 is 2.67 bits per heavy atom. The summed E-state index contributed by atoms with van der Waals surface area (Å²) in [4.78, 5) is 0. The van der Waals surface area contributed by atoms with E-state index in [9.17, 15) is 13.2 Å². The van der Waals surface area contributed by atoms with Crippen LogP contribution in [0.4, 0.5) is 13.2 Å². The van der Waals surface area contributed by atoms with Crippen LogP contribution in [0.3, 0.4) is 0 Å². The first-order valence-corrected chi connectivity index (χ1v) is 7.01. The zero-order valence-corrected chi connectivity index (χ0v) is 12.2. The van der Waals surface area contributed by atoms with Gasteiger partial charge in [0.05, 0.1) is 10.6 Å². The fourth-order valence-electron chi connectivity index (χ4n) is 2.13. The van der Waals surface area contributed by atoms with Crippen molar-refractivity contribution in [3.05, 3.63) is 28.7 Å². The number of nitrogens with zero attached hydrogens (tertiary/aromatic N) is 3. The van der Waals surface area contributed by atoms with E-state index in [2.05, 4.69) is 10.2 Å². The van der Waals surface area contributed by atoms with Gasteiger partial charge in [-0.2, -0.15) is 13.2 Å². The van der Waals surface area contributed by atoms with Crippen molar-refractivity contribution in [2.24, 2.45) is 11.7 Å². The molecule has 0 aromatic carbocycles. The standard InChI is InChI=1S/C13H16ClF3N4/c1-8(4-5-18)2-3-11-19-20-12-10(14)6-9(7-21(11)12)13(15,16)17/h6-8H,2-5,18H2,1H3. The van der Waals surface area contributed by atoms with Crippen molar-refractivity contribution in [2.45, 2.75) is 32.4 Å². The SMILES string of the molecule is CC(CCN)CCc1nnc2c(Cl)cc(C(F)(F)F)cn12. The molecule has 2 aromatic heterocycles. The van der Waals surface area contributed by atoms with Crippen LogP contribution in [0, 0.1) is 5.92 Å². The second-order valence-corrected chi connectivity index (χ2v) is 5.51. The maximum Gasteiger partial charge on any atom is 0.417 e. The number of aromatic nitrogens is 3. The van der Waals surface area contributed by atoms with Gasteiger partial charge >= 0.3 is 6.18 Å². The monoisotopic (exact) mass is 320 g/mol. The third-order valence-electron chi connectivity index (χ3n) is 3.38. The summed E-state index contributed by atoms with van der Waals surface area (Å²) < 4.78 is 39.8. The number of alkyl halides is 3. The van der Waals surface area contributed by atoms with Crippen LogP contribution in [0.2, 0.25) is 5.02 Å². The highest BCUT2D eigenvalue weighted by atomic mass is 35.5. The van der Waals surface area contributed by atoms with E-state index in [4.69, 9.17) is 17.3 Å². The van der Waals surface area contributed by atoms with Gasteiger partial charge < -0.3 is 5.73 Å². The maximum absolute atomic E-state index is 12.8. The molecule has 0 aliphatic carbocycles. The molecule has 21 heavy (non-hydrogen) atoms. The van der Waals surface area contributed by atoms with E-state index < -0.39 is 11.7 Å². The van der Waals surface area contributed by atoms with Crippen molar-refractivity contribution in [2.75, 3.05) is 6.54 Å². The molecule has 0 fully saturated rings. The minimum atomic E-state index is -4.45. The lowest BCUT2D eigenvalue weighted by Crippen LogP contribution is -2.09. The van der Waals surface area contributed by atoms with Crippen LogP contribution in [0.1, 0.15) is 31.2 Å². The summed E-state index contributed by atoms with van der Waals surface area (Å²) in [7, 11) is 0. The molecule has 2 rings (SSSR count). The average molecular weight is 321 g/mol. The Labute approximate surface area is 125 Å². The van der Waals surface area contributed by atoms with Gasteiger partial charge in [-0.25, -0.2) is 0 Å². The first-order chi connectivity index (χ1) is 9.82. The fraction of sp³-hybridized carbons (Fsp3) is 0.538. The smallest absolute Gasteiger partial charge is 0.330 e. The Morgan fingerprint density at radius 2 is 2.05 bits per heavy atom. The van der Waals surface area contributed by atoms with Crippen LogP contribution in [-0.2, 0) is 12.6 Å². The molecule has 0 amide bonds. The summed E-state index contributed by atoms with van der Waals surface area (Å²) in [5.41, 5.74) is 4.91. The molecule has 0 aliphatic rings. The highest BCUT2D eigenvalue weighted by molar-refractivity contribution is 6.33. The third-order valence-corrected chi connectivity index (χ3v) is 3.66. The zero-order chi connectivity index (χ0) is 15.6. The summed E-state index contributed by atoms with van der Waals surface area (Å²) in [5, 5.41) is 7.74. The minimum Gasteiger partial charge on any atom is -0.330 e. The van der Waals surface area contributed by atoms with Gasteiger partial charge in [0.2, 0.25) is 0 Å². The van der Waals surface area contributed by atoms with E-state index in [1.807, 2.05) is 6.92 Å². The van der Waals surface area contributed by atoms with Gasteiger partial charge in [0, 0.05) is 12.6 Å². The first kappa shape index (κ1) is 16.0. The van der Waals surface area contributed by atoms with Gasteiger partial charge in [-0.1, -0.05) is 18.5 Å². The predicted molar refractivity (Wildman–Crippen MR) is 74.2 cm³/mol. The van der Waals surface area contributed by atoms with Gasteiger partial charge in [-0.15, -0.1) is 10.2 Å². The molecule has 1 atom stereocenters. The molecule has 0 radical (unpaired) electrons. The van der Waals surface area contributed by atoms with Crippen molar-refractivity contribution < 1.29 is 13.2 Å². The fourth-order valence-corrected chi connectivity index (χ4v) is 2.38. The first-order valence-electron chi connectivity index (χ1n) is 6.63. The lowest BCUT2D eigenvalue weighted by atomic mass is 10.0.